The summed E-state index contributed by atoms with van der Waals surface area (Å²) in [6, 6.07) is 2.79. The topological polar surface area (TPSA) is 87.4 Å². The summed E-state index contributed by atoms with van der Waals surface area (Å²) in [5.41, 5.74) is 3.55. The number of hydrogen-bond donors (Lipinski definition) is 0. The average Bonchev–Trinajstić information content (AvgIpc) is 3.70. The van der Waals surface area contributed by atoms with Gasteiger partial charge < -0.3 is 18.8 Å². The average molecular weight is 769 g/mol. The molecule has 0 aromatic rings. The number of carbonyl (C=O) groups excluding carboxylic acids is 1. The Labute approximate surface area is 331 Å². The number of allylic oxidation sites excluding steroid dienone is 2. The van der Waals surface area contributed by atoms with Gasteiger partial charge in [0.25, 0.3) is 8.53 Å². The van der Waals surface area contributed by atoms with Gasteiger partial charge in [-0.05, 0) is 132 Å². The third kappa shape index (κ3) is 9.77. The Morgan fingerprint density at radius 3 is 2.50 bits per heavy atom. The molecule has 1 saturated heterocycles. The number of nitrogens with zero attached hydrogens (tertiary/aromatic N) is 4. The van der Waals surface area contributed by atoms with E-state index in [0.717, 1.165) is 66.9 Å². The molecule has 8 nitrogen and oxygen atoms in total. The maximum Gasteiger partial charge on any atom is 0.259 e. The molecule has 10 unspecified atom stereocenters. The molecule has 4 aliphatic carbocycles. The lowest BCUT2D eigenvalue weighted by Gasteiger charge is -2.58. The summed E-state index contributed by atoms with van der Waals surface area (Å²) in [4.78, 5) is 21.4. The number of likely N-dealkylation sites (tertiary alicyclic amines) is 1. The molecular weight excluding hydrogens is 691 g/mol. The van der Waals surface area contributed by atoms with Gasteiger partial charge in [0.05, 0.1) is 37.3 Å². The fraction of sp³-hybridized carbons (Fsp3) is 0.889. The third-order valence-electron chi connectivity index (χ3n) is 14.8. The van der Waals surface area contributed by atoms with E-state index in [2.05, 4.69) is 91.2 Å². The Kier molecular flexibility index (Phi) is 15.6. The Morgan fingerprint density at radius 1 is 1.06 bits per heavy atom. The van der Waals surface area contributed by atoms with E-state index in [1.807, 2.05) is 4.90 Å². The molecule has 0 aromatic carbocycles. The van der Waals surface area contributed by atoms with E-state index in [9.17, 15) is 4.79 Å². The number of amides is 1. The first-order valence-electron chi connectivity index (χ1n) is 22.1. The van der Waals surface area contributed by atoms with Crippen LogP contribution in [-0.2, 0) is 18.7 Å². The van der Waals surface area contributed by atoms with E-state index >= 15 is 0 Å². The number of fused-ring (bicyclic) bond motifs is 5. The predicted molar refractivity (Wildman–Crippen MR) is 222 cm³/mol. The molecule has 10 atom stereocenters. The van der Waals surface area contributed by atoms with E-state index in [0.29, 0.717) is 38.0 Å². The summed E-state index contributed by atoms with van der Waals surface area (Å²) in [7, 11) is -1.34. The van der Waals surface area contributed by atoms with Crippen LogP contribution in [0.25, 0.3) is 0 Å². The number of carbonyl (C=O) groups is 1. The first kappa shape index (κ1) is 43.6. The molecule has 1 amide bonds. The van der Waals surface area contributed by atoms with Gasteiger partial charge in [-0.15, -0.1) is 0 Å². The normalized spacial score (nSPS) is 34.2. The van der Waals surface area contributed by atoms with Crippen LogP contribution in [0.15, 0.2) is 16.8 Å². The van der Waals surface area contributed by atoms with Gasteiger partial charge in [0.15, 0.2) is 0 Å². The smallest absolute Gasteiger partial charge is 0.259 e. The lowest BCUT2D eigenvalue weighted by molar-refractivity contribution is -0.133. The Hall–Kier alpha value is -1.52. The van der Waals surface area contributed by atoms with E-state index in [1.54, 1.807) is 5.57 Å². The van der Waals surface area contributed by atoms with Crippen molar-refractivity contribution >= 4 is 20.1 Å². The van der Waals surface area contributed by atoms with Gasteiger partial charge >= 0.3 is 0 Å². The van der Waals surface area contributed by atoms with Crippen molar-refractivity contribution in [2.75, 3.05) is 19.8 Å². The van der Waals surface area contributed by atoms with Crippen LogP contribution in [0.1, 0.15) is 166 Å². The van der Waals surface area contributed by atoms with Crippen LogP contribution in [-0.4, -0.2) is 65.2 Å². The molecule has 5 aliphatic rings. The number of nitriles is 1. The SMILES string of the molecule is CCC1CC(OP(OCCC#N)N(C(C)C)C(C)C)CN1C(=O)CCO/N=C1\CCC2(C)C(=CCC3C2CCC2(C)C(C(C)CCCC(C)C)CCC32)C1. The second-order valence-corrected chi connectivity index (χ2v) is 20.7. The quantitative estimate of drug-likeness (QED) is 0.0597. The molecule has 4 fully saturated rings. The van der Waals surface area contributed by atoms with Crippen LogP contribution >= 0.6 is 8.53 Å². The van der Waals surface area contributed by atoms with Gasteiger partial charge in [-0.25, -0.2) is 4.67 Å². The minimum absolute atomic E-state index is 0.0932. The molecule has 0 N–H and O–H groups in total. The molecule has 3 saturated carbocycles. The van der Waals surface area contributed by atoms with Gasteiger partial charge in [-0.3, -0.25) is 4.79 Å². The monoisotopic (exact) mass is 769 g/mol. The highest BCUT2D eigenvalue weighted by atomic mass is 31.2. The van der Waals surface area contributed by atoms with Crippen molar-refractivity contribution in [1.82, 2.24) is 9.57 Å². The zero-order valence-corrected chi connectivity index (χ0v) is 36.8. The van der Waals surface area contributed by atoms with Gasteiger partial charge in [-0.2, -0.15) is 5.26 Å². The maximum atomic E-state index is 13.5. The van der Waals surface area contributed by atoms with Crippen LogP contribution in [0.5, 0.6) is 0 Å². The summed E-state index contributed by atoms with van der Waals surface area (Å²) in [6.07, 6.45) is 19.0. The van der Waals surface area contributed by atoms with E-state index in [1.165, 1.54) is 57.8 Å². The van der Waals surface area contributed by atoms with Gasteiger partial charge in [0.1, 0.15) is 6.61 Å². The summed E-state index contributed by atoms with van der Waals surface area (Å²) in [6.45, 7) is 24.5. The van der Waals surface area contributed by atoms with E-state index in [-0.39, 0.29) is 35.6 Å². The zero-order valence-electron chi connectivity index (χ0n) is 35.9. The summed E-state index contributed by atoms with van der Waals surface area (Å²) in [5.74, 6) is 5.18. The molecule has 0 spiro atoms. The van der Waals surface area contributed by atoms with Gasteiger partial charge in [0.2, 0.25) is 5.91 Å². The van der Waals surface area contributed by atoms with Crippen LogP contribution < -0.4 is 0 Å². The highest BCUT2D eigenvalue weighted by molar-refractivity contribution is 7.44. The molecule has 5 rings (SSSR count). The third-order valence-corrected chi connectivity index (χ3v) is 17.0. The minimum atomic E-state index is -1.34. The zero-order chi connectivity index (χ0) is 39.2. The van der Waals surface area contributed by atoms with Crippen molar-refractivity contribution in [3.8, 4) is 6.07 Å². The highest BCUT2D eigenvalue weighted by Crippen LogP contribution is 2.67. The Bertz CT molecular complexity index is 1340. The van der Waals surface area contributed by atoms with Crippen molar-refractivity contribution in [2.45, 2.75) is 190 Å². The second kappa shape index (κ2) is 19.3. The summed E-state index contributed by atoms with van der Waals surface area (Å²) < 4.78 is 15.0. The number of oxime groups is 1. The van der Waals surface area contributed by atoms with Crippen LogP contribution in [0.2, 0.25) is 0 Å². The molecule has 9 heteroatoms. The Morgan fingerprint density at radius 2 is 1.81 bits per heavy atom. The number of rotatable bonds is 18. The second-order valence-electron chi connectivity index (χ2n) is 19.3. The standard InChI is InChI=1S/C45H77N4O4P/c1-11-37-29-38(53-54(52-26-13-25-46)49(32(4)5)33(6)7)30-48(37)43(50)22-27-51-47-36-20-23-44(9)35(28-36)16-17-39-41-19-18-40(34(8)15-12-14-31(2)3)45(41,10)24-21-42(39)44/h16,31-34,37-42H,11-15,17-24,26-30H2,1-10H3/b47-36+. The van der Waals surface area contributed by atoms with Gasteiger partial charge in [-0.1, -0.05) is 77.6 Å². The molecule has 54 heavy (non-hydrogen) atoms. The largest absolute Gasteiger partial charge is 0.395 e. The van der Waals surface area contributed by atoms with Crippen molar-refractivity contribution in [2.24, 2.45) is 51.5 Å². The van der Waals surface area contributed by atoms with Crippen molar-refractivity contribution in [3.63, 3.8) is 0 Å². The minimum Gasteiger partial charge on any atom is -0.395 e. The van der Waals surface area contributed by atoms with Crippen molar-refractivity contribution in [3.05, 3.63) is 11.6 Å². The van der Waals surface area contributed by atoms with Crippen LogP contribution in [0.3, 0.4) is 0 Å². The molecule has 0 radical (unpaired) electrons. The molecule has 1 heterocycles. The van der Waals surface area contributed by atoms with Crippen molar-refractivity contribution in [1.29, 1.82) is 5.26 Å². The summed E-state index contributed by atoms with van der Waals surface area (Å²) in [5, 5.41) is 13.7. The fourth-order valence-electron chi connectivity index (χ4n) is 12.1. The lowest BCUT2D eigenvalue weighted by Crippen LogP contribution is -2.50. The summed E-state index contributed by atoms with van der Waals surface area (Å²) >= 11 is 0. The number of hydrogen-bond acceptors (Lipinski definition) is 7. The van der Waals surface area contributed by atoms with Crippen molar-refractivity contribution < 1.29 is 18.7 Å². The van der Waals surface area contributed by atoms with Crippen LogP contribution in [0.4, 0.5) is 0 Å². The van der Waals surface area contributed by atoms with Crippen LogP contribution in [0, 0.1) is 57.7 Å². The highest BCUT2D eigenvalue weighted by Gasteiger charge is 2.59. The lowest BCUT2D eigenvalue weighted by atomic mass is 9.47. The maximum absolute atomic E-state index is 13.5. The fourth-order valence-corrected chi connectivity index (χ4v) is 13.8. The van der Waals surface area contributed by atoms with Gasteiger partial charge in [0, 0.05) is 31.1 Å². The molecule has 0 bridgehead atoms. The Balaban J connectivity index is 1.12. The predicted octanol–water partition coefficient (Wildman–Crippen LogP) is 11.5. The van der Waals surface area contributed by atoms with E-state index in [4.69, 9.17) is 19.1 Å². The van der Waals surface area contributed by atoms with E-state index < -0.39 is 8.53 Å². The molecule has 306 valence electrons. The first-order chi connectivity index (χ1) is 25.7. The molecule has 1 aliphatic heterocycles. The molecular formula is C45H77N4O4P. The molecule has 0 aromatic heterocycles. The first-order valence-corrected chi connectivity index (χ1v) is 23.3.